The Morgan fingerprint density at radius 3 is 2.53 bits per heavy atom. The largest absolute Gasteiger partial charge is 0.490 e. The minimum absolute atomic E-state index is 0.0664. The molecule has 0 spiro atoms. The van der Waals surface area contributed by atoms with Crippen molar-refractivity contribution in [2.45, 2.75) is 51.5 Å². The summed E-state index contributed by atoms with van der Waals surface area (Å²) < 4.78 is 9.06. The molecule has 2 aliphatic rings. The lowest BCUT2D eigenvalue weighted by atomic mass is 10.0. The van der Waals surface area contributed by atoms with Crippen LogP contribution in [0, 0.1) is 0 Å². The van der Waals surface area contributed by atoms with E-state index >= 15 is 0 Å². The number of hydrogen-bond donors (Lipinski definition) is 1. The molecular formula is C28H31BrCl2N4O3. The second-order valence-corrected chi connectivity index (χ2v) is 11.7. The van der Waals surface area contributed by atoms with Crippen molar-refractivity contribution in [3.63, 3.8) is 0 Å². The molecule has 3 aromatic rings. The van der Waals surface area contributed by atoms with Crippen LogP contribution < -0.4 is 4.74 Å². The molecule has 1 unspecified atom stereocenters. The maximum atomic E-state index is 12.1. The molecular weight excluding hydrogens is 591 g/mol. The quantitative estimate of drug-likeness (QED) is 0.381. The number of piperidine rings is 1. The smallest absolute Gasteiger partial charge is 0.219 e. The molecule has 7 nitrogen and oxygen atoms in total. The molecule has 3 heterocycles. The van der Waals surface area contributed by atoms with Gasteiger partial charge in [-0.25, -0.2) is 0 Å². The Bertz CT molecular complexity index is 1290. The fourth-order valence-corrected chi connectivity index (χ4v) is 5.81. The standard InChI is InChI=1S/C28H31BrCl2N4O3/c1-18(36)34-13-10-27-24(17-34)28(19-2-4-20(29)5-3-19)32-35(27)16-21(37)15-33-11-8-22(9-12-33)38-23-6-7-25(30)26(31)14-23/h2-7,14,21-22,37H,8-13,15-17H2,1H3. The zero-order valence-corrected chi connectivity index (χ0v) is 24.3. The predicted octanol–water partition coefficient (Wildman–Crippen LogP) is 5.43. The van der Waals surface area contributed by atoms with Crippen LogP contribution in [0.25, 0.3) is 11.3 Å². The van der Waals surface area contributed by atoms with E-state index in [9.17, 15) is 9.90 Å². The number of likely N-dealkylation sites (tertiary alicyclic amines) is 1. The highest BCUT2D eigenvalue weighted by Crippen LogP contribution is 2.32. The first kappa shape index (κ1) is 27.5. The van der Waals surface area contributed by atoms with E-state index in [0.29, 0.717) is 36.2 Å². The van der Waals surface area contributed by atoms with Gasteiger partial charge in [-0.3, -0.25) is 9.48 Å². The summed E-state index contributed by atoms with van der Waals surface area (Å²) in [5.41, 5.74) is 4.06. The zero-order valence-electron chi connectivity index (χ0n) is 21.2. The molecule has 1 saturated heterocycles. The molecule has 0 radical (unpaired) electrons. The molecule has 1 N–H and O–H groups in total. The Kier molecular flexibility index (Phi) is 8.65. The fraction of sp³-hybridized carbons (Fsp3) is 0.429. The topological polar surface area (TPSA) is 70.8 Å². The summed E-state index contributed by atoms with van der Waals surface area (Å²) in [7, 11) is 0. The average molecular weight is 622 g/mol. The lowest BCUT2D eigenvalue weighted by molar-refractivity contribution is -0.129. The summed E-state index contributed by atoms with van der Waals surface area (Å²) in [6.07, 6.45) is 2.02. The summed E-state index contributed by atoms with van der Waals surface area (Å²) in [6, 6.07) is 13.4. The highest BCUT2D eigenvalue weighted by Gasteiger charge is 2.28. The first-order valence-corrected chi connectivity index (χ1v) is 14.4. The molecule has 1 atom stereocenters. The van der Waals surface area contributed by atoms with Gasteiger partial charge < -0.3 is 19.6 Å². The molecule has 1 fully saturated rings. The van der Waals surface area contributed by atoms with Crippen LogP contribution in [0.3, 0.4) is 0 Å². The van der Waals surface area contributed by atoms with E-state index in [4.69, 9.17) is 33.0 Å². The van der Waals surface area contributed by atoms with E-state index in [0.717, 1.165) is 65.1 Å². The Balaban J connectivity index is 1.22. The monoisotopic (exact) mass is 620 g/mol. The van der Waals surface area contributed by atoms with Crippen molar-refractivity contribution in [2.24, 2.45) is 0 Å². The maximum Gasteiger partial charge on any atom is 0.219 e. The van der Waals surface area contributed by atoms with Gasteiger partial charge in [0.1, 0.15) is 11.9 Å². The summed E-state index contributed by atoms with van der Waals surface area (Å²) >= 11 is 15.6. The first-order chi connectivity index (χ1) is 18.3. The van der Waals surface area contributed by atoms with Crippen LogP contribution >= 0.6 is 39.1 Å². The molecule has 5 rings (SSSR count). The lowest BCUT2D eigenvalue weighted by Gasteiger charge is -2.33. The van der Waals surface area contributed by atoms with Crippen molar-refractivity contribution in [2.75, 3.05) is 26.2 Å². The second kappa shape index (κ2) is 12.0. The second-order valence-electron chi connectivity index (χ2n) is 10.0. The average Bonchev–Trinajstić information content (AvgIpc) is 3.25. The number of aliphatic hydroxyl groups is 1. The third kappa shape index (κ3) is 6.37. The van der Waals surface area contributed by atoms with Gasteiger partial charge in [0.15, 0.2) is 0 Å². The van der Waals surface area contributed by atoms with Crippen LogP contribution in [0.4, 0.5) is 0 Å². The number of aromatic nitrogens is 2. The normalized spacial score (nSPS) is 17.3. The number of carbonyl (C=O) groups is 1. The van der Waals surface area contributed by atoms with Crippen LogP contribution in [-0.2, 0) is 24.3 Å². The van der Waals surface area contributed by atoms with E-state index in [1.54, 1.807) is 19.1 Å². The molecule has 2 aromatic carbocycles. The van der Waals surface area contributed by atoms with Crippen LogP contribution in [-0.4, -0.2) is 69.0 Å². The van der Waals surface area contributed by atoms with Crippen LogP contribution in [0.15, 0.2) is 46.9 Å². The van der Waals surface area contributed by atoms with E-state index in [-0.39, 0.29) is 12.0 Å². The number of ether oxygens (including phenoxy) is 1. The molecule has 202 valence electrons. The minimum Gasteiger partial charge on any atom is -0.490 e. The predicted molar refractivity (Wildman–Crippen MR) is 153 cm³/mol. The van der Waals surface area contributed by atoms with Crippen molar-refractivity contribution in [3.05, 3.63) is 68.2 Å². The maximum absolute atomic E-state index is 12.1. The summed E-state index contributed by atoms with van der Waals surface area (Å²) in [6.45, 7) is 5.49. The molecule has 2 aliphatic heterocycles. The van der Waals surface area contributed by atoms with E-state index in [1.165, 1.54) is 0 Å². The number of benzene rings is 2. The number of halogens is 3. The number of carbonyl (C=O) groups excluding carboxylic acids is 1. The molecule has 1 aromatic heterocycles. The first-order valence-electron chi connectivity index (χ1n) is 12.9. The van der Waals surface area contributed by atoms with Crippen molar-refractivity contribution >= 4 is 45.0 Å². The van der Waals surface area contributed by atoms with Crippen molar-refractivity contribution in [1.82, 2.24) is 19.6 Å². The SMILES string of the molecule is CC(=O)N1CCc2c(c(-c3ccc(Br)cc3)nn2CC(O)CN2CCC(Oc3ccc(Cl)c(Cl)c3)CC2)C1. The van der Waals surface area contributed by atoms with Crippen LogP contribution in [0.2, 0.25) is 10.0 Å². The third-order valence-corrected chi connectivity index (χ3v) is 8.55. The third-order valence-electron chi connectivity index (χ3n) is 7.28. The van der Waals surface area contributed by atoms with Crippen LogP contribution in [0.1, 0.15) is 31.0 Å². The molecule has 0 saturated carbocycles. The zero-order chi connectivity index (χ0) is 26.8. The van der Waals surface area contributed by atoms with Gasteiger partial charge in [0.25, 0.3) is 0 Å². The number of aliphatic hydroxyl groups excluding tert-OH is 1. The number of hydrogen-bond acceptors (Lipinski definition) is 5. The van der Waals surface area contributed by atoms with E-state index in [2.05, 4.69) is 20.8 Å². The molecule has 0 aliphatic carbocycles. The van der Waals surface area contributed by atoms with E-state index < -0.39 is 6.10 Å². The van der Waals surface area contributed by atoms with Gasteiger partial charge >= 0.3 is 0 Å². The number of fused-ring (bicyclic) bond motifs is 1. The molecule has 10 heteroatoms. The van der Waals surface area contributed by atoms with Gasteiger partial charge in [0, 0.05) is 73.4 Å². The Hall–Kier alpha value is -2.10. The number of nitrogens with zero attached hydrogens (tertiary/aromatic N) is 4. The lowest BCUT2D eigenvalue weighted by Crippen LogP contribution is -2.43. The van der Waals surface area contributed by atoms with Gasteiger partial charge in [0.05, 0.1) is 28.4 Å². The highest BCUT2D eigenvalue weighted by atomic mass is 79.9. The molecule has 0 bridgehead atoms. The van der Waals surface area contributed by atoms with Crippen molar-refractivity contribution in [3.8, 4) is 17.0 Å². The summed E-state index contributed by atoms with van der Waals surface area (Å²) in [5.74, 6) is 0.794. The van der Waals surface area contributed by atoms with Gasteiger partial charge in [0.2, 0.25) is 5.91 Å². The van der Waals surface area contributed by atoms with Gasteiger partial charge in [-0.2, -0.15) is 5.10 Å². The van der Waals surface area contributed by atoms with Gasteiger partial charge in [-0.05, 0) is 37.1 Å². The Morgan fingerprint density at radius 2 is 1.84 bits per heavy atom. The Morgan fingerprint density at radius 1 is 1.11 bits per heavy atom. The Labute approximate surface area is 241 Å². The highest BCUT2D eigenvalue weighted by molar-refractivity contribution is 9.10. The van der Waals surface area contributed by atoms with Gasteiger partial charge in [-0.15, -0.1) is 0 Å². The summed E-state index contributed by atoms with van der Waals surface area (Å²) in [5, 5.41) is 17.0. The van der Waals surface area contributed by atoms with Crippen LogP contribution in [0.5, 0.6) is 5.75 Å². The van der Waals surface area contributed by atoms with Crippen molar-refractivity contribution < 1.29 is 14.6 Å². The fourth-order valence-electron chi connectivity index (χ4n) is 5.26. The minimum atomic E-state index is -0.560. The van der Waals surface area contributed by atoms with E-state index in [1.807, 2.05) is 39.9 Å². The molecule has 1 amide bonds. The molecule has 38 heavy (non-hydrogen) atoms. The number of amides is 1. The number of rotatable bonds is 7. The number of β-amino-alcohol motifs (C(OH)–C–C–N with tert-alkyl or cyclic N) is 1. The van der Waals surface area contributed by atoms with Crippen molar-refractivity contribution in [1.29, 1.82) is 0 Å². The van der Waals surface area contributed by atoms with Gasteiger partial charge in [-0.1, -0.05) is 51.3 Å². The summed E-state index contributed by atoms with van der Waals surface area (Å²) in [4.78, 5) is 16.2.